The second-order valence-electron chi connectivity index (χ2n) is 9.63. The van der Waals surface area contributed by atoms with Crippen molar-refractivity contribution >= 4 is 16.7 Å². The molecule has 1 saturated heterocycles. The third kappa shape index (κ3) is 3.55. The van der Waals surface area contributed by atoms with Crippen molar-refractivity contribution in [2.45, 2.75) is 42.7 Å². The molecule has 32 heavy (non-hydrogen) atoms. The molecule has 0 radical (unpaired) electrons. The number of hydrogen-bond acceptors (Lipinski definition) is 4. The molecular weight excluding hydrogens is 400 g/mol. The van der Waals surface area contributed by atoms with E-state index in [9.17, 15) is 15.0 Å². The average molecular weight is 431 g/mol. The summed E-state index contributed by atoms with van der Waals surface area (Å²) in [6.45, 7) is 1.46. The van der Waals surface area contributed by atoms with Gasteiger partial charge in [-0.15, -0.1) is 0 Å². The maximum absolute atomic E-state index is 13.1. The summed E-state index contributed by atoms with van der Waals surface area (Å²) in [6.07, 6.45) is 2.77. The van der Waals surface area contributed by atoms with E-state index in [1.807, 2.05) is 61.6 Å². The van der Waals surface area contributed by atoms with E-state index in [0.29, 0.717) is 24.9 Å². The Balaban J connectivity index is 1.43. The zero-order valence-corrected chi connectivity index (χ0v) is 18.4. The first-order chi connectivity index (χ1) is 15.4. The van der Waals surface area contributed by atoms with Gasteiger partial charge in [0.1, 0.15) is 5.75 Å². The summed E-state index contributed by atoms with van der Waals surface area (Å²) in [5.74, 6) is 0.130. The molecule has 5 heteroatoms. The summed E-state index contributed by atoms with van der Waals surface area (Å²) in [5, 5.41) is 27.4. The molecule has 1 amide bonds. The third-order valence-corrected chi connectivity index (χ3v) is 7.59. The summed E-state index contributed by atoms with van der Waals surface area (Å²) in [6, 6.07) is 21.1. The van der Waals surface area contributed by atoms with Crippen LogP contribution in [0.2, 0.25) is 0 Å². The van der Waals surface area contributed by atoms with Crippen LogP contribution in [0.1, 0.15) is 41.6 Å². The van der Waals surface area contributed by atoms with Crippen molar-refractivity contribution in [3.05, 3.63) is 77.9 Å². The van der Waals surface area contributed by atoms with Gasteiger partial charge >= 0.3 is 0 Å². The molecule has 1 saturated carbocycles. The molecule has 2 fully saturated rings. The Hall–Kier alpha value is -2.89. The van der Waals surface area contributed by atoms with Gasteiger partial charge in [0.2, 0.25) is 0 Å². The summed E-state index contributed by atoms with van der Waals surface area (Å²) >= 11 is 0. The van der Waals surface area contributed by atoms with Gasteiger partial charge < -0.3 is 20.4 Å². The fraction of sp³-hybridized carbons (Fsp3) is 0.370. The van der Waals surface area contributed by atoms with Crippen LogP contribution in [0.3, 0.4) is 0 Å². The number of hydrogen-bond donors (Lipinski definition) is 3. The second-order valence-corrected chi connectivity index (χ2v) is 9.63. The van der Waals surface area contributed by atoms with Gasteiger partial charge in [-0.3, -0.25) is 4.79 Å². The molecule has 5 nitrogen and oxygen atoms in total. The Morgan fingerprint density at radius 1 is 1.03 bits per heavy atom. The number of fused-ring (bicyclic) bond motifs is 2. The second kappa shape index (κ2) is 7.91. The van der Waals surface area contributed by atoms with E-state index in [4.69, 9.17) is 0 Å². The number of carbonyl (C=O) groups is 1. The summed E-state index contributed by atoms with van der Waals surface area (Å²) in [4.78, 5) is 15.3. The molecule has 1 aliphatic carbocycles. The lowest BCUT2D eigenvalue weighted by atomic mass is 9.55. The summed E-state index contributed by atoms with van der Waals surface area (Å²) in [5.41, 5.74) is 0.215. The number of nitrogens with zero attached hydrogens (tertiary/aromatic N) is 1. The zero-order chi connectivity index (χ0) is 22.3. The molecule has 1 heterocycles. The van der Waals surface area contributed by atoms with Gasteiger partial charge in [-0.1, -0.05) is 42.5 Å². The number of amides is 1. The molecule has 0 aromatic heterocycles. The lowest BCUT2D eigenvalue weighted by Crippen LogP contribution is -2.66. The molecule has 3 unspecified atom stereocenters. The van der Waals surface area contributed by atoms with Gasteiger partial charge in [0.25, 0.3) is 5.91 Å². The van der Waals surface area contributed by atoms with Crippen molar-refractivity contribution in [1.29, 1.82) is 0 Å². The SMILES string of the molecule is CN1CCC2(c3cccc(O)c3)CC(NC(=O)c3ccc4ccccc4c3)CCC2(O)C1. The predicted octanol–water partition coefficient (Wildman–Crippen LogP) is 3.83. The van der Waals surface area contributed by atoms with E-state index in [1.165, 1.54) is 0 Å². The van der Waals surface area contributed by atoms with Gasteiger partial charge in [-0.25, -0.2) is 0 Å². The molecule has 3 aromatic rings. The number of benzene rings is 3. The van der Waals surface area contributed by atoms with Crippen LogP contribution in [0.4, 0.5) is 0 Å². The summed E-state index contributed by atoms with van der Waals surface area (Å²) in [7, 11) is 2.04. The Morgan fingerprint density at radius 2 is 1.84 bits per heavy atom. The Bertz CT molecular complexity index is 1160. The molecule has 5 rings (SSSR count). The van der Waals surface area contributed by atoms with Crippen molar-refractivity contribution in [1.82, 2.24) is 10.2 Å². The number of β-amino-alcohol motifs (C(OH)–C–C–N with tert-alkyl or cyclic N) is 1. The van der Waals surface area contributed by atoms with Gasteiger partial charge in [0.05, 0.1) is 5.60 Å². The first-order valence-electron chi connectivity index (χ1n) is 11.4. The molecule has 0 spiro atoms. The van der Waals surface area contributed by atoms with Gasteiger partial charge in [0, 0.05) is 23.6 Å². The first kappa shape index (κ1) is 21.0. The number of likely N-dealkylation sites (N-methyl/N-ethyl adjacent to an activating group) is 1. The first-order valence-corrected chi connectivity index (χ1v) is 11.4. The quantitative estimate of drug-likeness (QED) is 0.591. The van der Waals surface area contributed by atoms with E-state index in [1.54, 1.807) is 12.1 Å². The van der Waals surface area contributed by atoms with Crippen LogP contribution in [0, 0.1) is 0 Å². The fourth-order valence-electron chi connectivity index (χ4n) is 5.89. The number of likely N-dealkylation sites (tertiary alicyclic amines) is 1. The van der Waals surface area contributed by atoms with E-state index >= 15 is 0 Å². The number of phenols is 1. The van der Waals surface area contributed by atoms with Crippen LogP contribution in [0.15, 0.2) is 66.7 Å². The number of aromatic hydroxyl groups is 1. The van der Waals surface area contributed by atoms with Crippen molar-refractivity contribution in [2.75, 3.05) is 20.1 Å². The Kier molecular flexibility index (Phi) is 5.19. The minimum atomic E-state index is -0.891. The van der Waals surface area contributed by atoms with Gasteiger partial charge in [-0.2, -0.15) is 0 Å². The highest BCUT2D eigenvalue weighted by Gasteiger charge is 2.57. The van der Waals surface area contributed by atoms with E-state index in [0.717, 1.165) is 35.7 Å². The summed E-state index contributed by atoms with van der Waals surface area (Å²) < 4.78 is 0. The largest absolute Gasteiger partial charge is 0.508 e. The smallest absolute Gasteiger partial charge is 0.251 e. The van der Waals surface area contributed by atoms with Crippen molar-refractivity contribution < 1.29 is 15.0 Å². The Morgan fingerprint density at radius 3 is 2.66 bits per heavy atom. The molecule has 0 bridgehead atoms. The van der Waals surface area contributed by atoms with Crippen LogP contribution in [0.5, 0.6) is 5.75 Å². The Labute approximate surface area is 188 Å². The highest BCUT2D eigenvalue weighted by atomic mass is 16.3. The highest BCUT2D eigenvalue weighted by molar-refractivity contribution is 5.98. The maximum atomic E-state index is 13.1. The number of aliphatic hydroxyl groups is 1. The maximum Gasteiger partial charge on any atom is 0.251 e. The minimum absolute atomic E-state index is 0.0417. The molecule has 3 N–H and O–H groups in total. The number of piperidine rings is 1. The fourth-order valence-corrected chi connectivity index (χ4v) is 5.89. The van der Waals surface area contributed by atoms with Crippen LogP contribution in [-0.4, -0.2) is 52.8 Å². The molecular formula is C27H30N2O3. The van der Waals surface area contributed by atoms with Gasteiger partial charge in [-0.05, 0) is 79.9 Å². The highest BCUT2D eigenvalue weighted by Crippen LogP contribution is 2.51. The monoisotopic (exact) mass is 430 g/mol. The molecule has 2 aliphatic rings. The molecule has 1 aliphatic heterocycles. The number of rotatable bonds is 3. The van der Waals surface area contributed by atoms with Crippen molar-refractivity contribution in [3.8, 4) is 5.75 Å². The van der Waals surface area contributed by atoms with Crippen LogP contribution in [-0.2, 0) is 5.41 Å². The van der Waals surface area contributed by atoms with Crippen molar-refractivity contribution in [2.24, 2.45) is 0 Å². The molecule has 3 aromatic carbocycles. The third-order valence-electron chi connectivity index (χ3n) is 7.59. The zero-order valence-electron chi connectivity index (χ0n) is 18.4. The normalized spacial score (nSPS) is 28.2. The van der Waals surface area contributed by atoms with E-state index in [-0.39, 0.29) is 17.7 Å². The number of nitrogens with one attached hydrogen (secondary N) is 1. The standard InChI is InChI=1S/C27H30N2O3/c1-29-14-13-26(22-7-4-8-24(30)16-22)17-23(11-12-27(26,32)18-29)28-25(31)21-10-9-19-5-2-3-6-20(19)15-21/h2-10,15-16,23,30,32H,11-14,17-18H2,1H3,(H,28,31). The topological polar surface area (TPSA) is 72.8 Å². The predicted molar refractivity (Wildman–Crippen MR) is 126 cm³/mol. The number of phenolic OH excluding ortho intramolecular Hbond substituents is 1. The minimum Gasteiger partial charge on any atom is -0.508 e. The lowest BCUT2D eigenvalue weighted by Gasteiger charge is -2.57. The van der Waals surface area contributed by atoms with E-state index < -0.39 is 11.0 Å². The average Bonchev–Trinajstić information content (AvgIpc) is 2.79. The lowest BCUT2D eigenvalue weighted by molar-refractivity contribution is -0.121. The molecule has 3 atom stereocenters. The van der Waals surface area contributed by atoms with E-state index in [2.05, 4.69) is 10.2 Å². The number of carbonyl (C=O) groups excluding carboxylic acids is 1. The van der Waals surface area contributed by atoms with Crippen LogP contribution >= 0.6 is 0 Å². The van der Waals surface area contributed by atoms with Gasteiger partial charge in [0.15, 0.2) is 0 Å². The van der Waals surface area contributed by atoms with Crippen LogP contribution < -0.4 is 5.32 Å². The molecule has 166 valence electrons. The van der Waals surface area contributed by atoms with Crippen molar-refractivity contribution in [3.63, 3.8) is 0 Å². The van der Waals surface area contributed by atoms with Crippen LogP contribution in [0.25, 0.3) is 10.8 Å².